The van der Waals surface area contributed by atoms with Gasteiger partial charge in [-0.1, -0.05) is 29.8 Å². The molecule has 0 aliphatic carbocycles. The van der Waals surface area contributed by atoms with Crippen LogP contribution >= 0.6 is 0 Å². The minimum Gasteiger partial charge on any atom is -0.384 e. The molecule has 0 unspecified atom stereocenters. The van der Waals surface area contributed by atoms with Crippen molar-refractivity contribution < 1.29 is 27.5 Å². The van der Waals surface area contributed by atoms with Gasteiger partial charge in [-0.15, -0.1) is 0 Å². The third-order valence-electron chi connectivity index (χ3n) is 6.27. The lowest BCUT2D eigenvalue weighted by Gasteiger charge is -2.28. The van der Waals surface area contributed by atoms with E-state index in [1.807, 2.05) is 30.9 Å². The first-order valence-electron chi connectivity index (χ1n) is 12.8. The van der Waals surface area contributed by atoms with Crippen LogP contribution < -0.4 is 16.0 Å². The van der Waals surface area contributed by atoms with Crippen molar-refractivity contribution in [3.8, 4) is 11.3 Å². The van der Waals surface area contributed by atoms with Gasteiger partial charge in [0.25, 0.3) is 5.91 Å². The molecule has 0 atom stereocenters. The predicted octanol–water partition coefficient (Wildman–Crippen LogP) is 4.70. The van der Waals surface area contributed by atoms with E-state index in [1.54, 1.807) is 24.3 Å². The van der Waals surface area contributed by atoms with E-state index in [0.29, 0.717) is 44.1 Å². The van der Waals surface area contributed by atoms with E-state index in [-0.39, 0.29) is 35.0 Å². The van der Waals surface area contributed by atoms with Crippen LogP contribution in [0.2, 0.25) is 0 Å². The fourth-order valence-electron chi connectivity index (χ4n) is 4.25. The van der Waals surface area contributed by atoms with Crippen molar-refractivity contribution in [1.29, 1.82) is 0 Å². The molecule has 2 aromatic heterocycles. The molecule has 0 bridgehead atoms. The van der Waals surface area contributed by atoms with Crippen LogP contribution in [0.25, 0.3) is 11.3 Å². The Morgan fingerprint density at radius 2 is 1.77 bits per heavy atom. The Labute approximate surface area is 230 Å². The number of anilines is 2. The molecule has 4 rings (SSSR count). The second kappa shape index (κ2) is 12.3. The number of nitrogen functional groups attached to an aromatic ring is 1. The fraction of sp³-hybridized carbons (Fsp3) is 0.310. The topological polar surface area (TPSA) is 110 Å². The average molecular weight is 554 g/mol. The molecule has 0 saturated carbocycles. The smallest absolute Gasteiger partial charge is 0.384 e. The average Bonchev–Trinajstić information content (AvgIpc) is 2.92. The van der Waals surface area contributed by atoms with Gasteiger partial charge >= 0.3 is 6.18 Å². The Balaban J connectivity index is 1.56. The first-order valence-corrected chi connectivity index (χ1v) is 12.8. The zero-order chi connectivity index (χ0) is 28.9. The van der Waals surface area contributed by atoms with Crippen molar-refractivity contribution in [2.75, 3.05) is 43.5 Å². The van der Waals surface area contributed by atoms with Crippen LogP contribution in [0, 0.1) is 0 Å². The Bertz CT molecular complexity index is 1410. The summed E-state index contributed by atoms with van der Waals surface area (Å²) in [5.41, 5.74) is 6.82. The summed E-state index contributed by atoms with van der Waals surface area (Å²) in [4.78, 5) is 35.5. The number of carbonyl (C=O) groups is 2. The van der Waals surface area contributed by atoms with Crippen LogP contribution in [0.1, 0.15) is 45.7 Å². The van der Waals surface area contributed by atoms with E-state index in [2.05, 4.69) is 15.3 Å². The fourth-order valence-corrected chi connectivity index (χ4v) is 4.25. The van der Waals surface area contributed by atoms with Gasteiger partial charge in [-0.05, 0) is 50.1 Å². The highest BCUT2D eigenvalue weighted by molar-refractivity contribution is 6.04. The maximum absolute atomic E-state index is 13.8. The molecule has 0 radical (unpaired) electrons. The molecule has 40 heavy (non-hydrogen) atoms. The van der Waals surface area contributed by atoms with Crippen LogP contribution in [-0.2, 0) is 17.3 Å². The molecule has 11 heteroatoms. The summed E-state index contributed by atoms with van der Waals surface area (Å²) in [5.74, 6) is -0.430. The normalized spacial score (nSPS) is 13.6. The number of aromatic nitrogens is 2. The van der Waals surface area contributed by atoms with Crippen LogP contribution in [0.3, 0.4) is 0 Å². The molecule has 3 aromatic rings. The first kappa shape index (κ1) is 28.8. The van der Waals surface area contributed by atoms with Gasteiger partial charge in [0.15, 0.2) is 5.78 Å². The number of halogens is 3. The number of ether oxygens (including phenoxy) is 1. The lowest BCUT2D eigenvalue weighted by atomic mass is 10.0. The van der Waals surface area contributed by atoms with E-state index >= 15 is 0 Å². The van der Waals surface area contributed by atoms with E-state index in [4.69, 9.17) is 10.5 Å². The molecular weight excluding hydrogens is 523 g/mol. The lowest BCUT2D eigenvalue weighted by Crippen LogP contribution is -2.37. The summed E-state index contributed by atoms with van der Waals surface area (Å²) in [6.07, 6.45) is -1.60. The number of alkyl halides is 3. The molecule has 3 N–H and O–H groups in total. The zero-order valence-corrected chi connectivity index (χ0v) is 22.2. The molecule has 3 heterocycles. The highest BCUT2D eigenvalue weighted by atomic mass is 19.4. The summed E-state index contributed by atoms with van der Waals surface area (Å²) in [7, 11) is 0. The van der Waals surface area contributed by atoms with Gasteiger partial charge in [0.1, 0.15) is 11.6 Å². The Morgan fingerprint density at radius 1 is 1.07 bits per heavy atom. The Hall–Kier alpha value is -4.25. The van der Waals surface area contributed by atoms with Gasteiger partial charge in [-0.25, -0.2) is 9.97 Å². The molecule has 0 spiro atoms. The molecule has 1 saturated heterocycles. The number of benzene rings is 1. The first-order chi connectivity index (χ1) is 19.0. The number of nitrogens with zero attached hydrogens (tertiary/aromatic N) is 3. The summed E-state index contributed by atoms with van der Waals surface area (Å²) in [6.45, 7) is 5.82. The molecule has 1 aromatic carbocycles. The van der Waals surface area contributed by atoms with Gasteiger partial charge in [0, 0.05) is 42.5 Å². The van der Waals surface area contributed by atoms with Crippen molar-refractivity contribution in [2.45, 2.75) is 26.4 Å². The number of hydrogen-bond donors (Lipinski definition) is 2. The molecule has 1 aliphatic rings. The molecular formula is C29H30F3N5O3. The standard InChI is InChI=1S/C29H30F3N5O3/c1-18(2)13-25(38)20-5-3-19(4-6-20)7-8-34-28(39)21-14-24(36-27(15-21)37-9-11-40-12-10-37)22-17-35-26(33)16-23(22)29(30,31)32/h3-6,13-17H,7-12H2,1-2H3,(H2,33,35)(H,34,39). The third-order valence-corrected chi connectivity index (χ3v) is 6.27. The summed E-state index contributed by atoms with van der Waals surface area (Å²) in [5, 5.41) is 2.83. The number of ketones is 1. The number of morpholine rings is 1. The molecule has 210 valence electrons. The van der Waals surface area contributed by atoms with Crippen molar-refractivity contribution in [3.05, 3.63) is 82.6 Å². The van der Waals surface area contributed by atoms with Gasteiger partial charge in [-0.2, -0.15) is 13.2 Å². The maximum atomic E-state index is 13.8. The van der Waals surface area contributed by atoms with E-state index in [1.165, 1.54) is 6.07 Å². The van der Waals surface area contributed by atoms with Crippen LogP contribution in [0.4, 0.5) is 24.8 Å². The van der Waals surface area contributed by atoms with Gasteiger partial charge in [0.05, 0.1) is 24.5 Å². The summed E-state index contributed by atoms with van der Waals surface area (Å²) < 4.78 is 46.9. The predicted molar refractivity (Wildman–Crippen MR) is 146 cm³/mol. The third kappa shape index (κ3) is 7.23. The molecule has 1 aliphatic heterocycles. The van der Waals surface area contributed by atoms with Crippen molar-refractivity contribution in [3.63, 3.8) is 0 Å². The number of allylic oxidation sites excluding steroid dienone is 2. The number of amides is 1. The minimum absolute atomic E-state index is 0.0365. The molecule has 1 fully saturated rings. The molecule has 8 nitrogen and oxygen atoms in total. The zero-order valence-electron chi connectivity index (χ0n) is 22.2. The number of rotatable bonds is 8. The largest absolute Gasteiger partial charge is 0.417 e. The number of nitrogens with two attached hydrogens (primary N) is 1. The highest BCUT2D eigenvalue weighted by Crippen LogP contribution is 2.37. The van der Waals surface area contributed by atoms with Gasteiger partial charge in [0.2, 0.25) is 0 Å². The number of nitrogens with one attached hydrogen (secondary N) is 1. The summed E-state index contributed by atoms with van der Waals surface area (Å²) in [6, 6.07) is 10.8. The lowest BCUT2D eigenvalue weighted by molar-refractivity contribution is -0.137. The van der Waals surface area contributed by atoms with E-state index in [0.717, 1.165) is 23.4 Å². The maximum Gasteiger partial charge on any atom is 0.417 e. The van der Waals surface area contributed by atoms with Crippen molar-refractivity contribution >= 4 is 23.3 Å². The van der Waals surface area contributed by atoms with Crippen molar-refractivity contribution in [1.82, 2.24) is 15.3 Å². The molecule has 1 amide bonds. The highest BCUT2D eigenvalue weighted by Gasteiger charge is 2.35. The minimum atomic E-state index is -4.70. The quantitative estimate of drug-likeness (QED) is 0.307. The van der Waals surface area contributed by atoms with Crippen molar-refractivity contribution in [2.24, 2.45) is 0 Å². The van der Waals surface area contributed by atoms with E-state index < -0.39 is 17.6 Å². The number of hydrogen-bond acceptors (Lipinski definition) is 7. The van der Waals surface area contributed by atoms with E-state index in [9.17, 15) is 22.8 Å². The summed E-state index contributed by atoms with van der Waals surface area (Å²) >= 11 is 0. The van der Waals surface area contributed by atoms with Gasteiger partial charge in [-0.3, -0.25) is 9.59 Å². The Morgan fingerprint density at radius 3 is 2.42 bits per heavy atom. The number of carbonyl (C=O) groups excluding carboxylic acids is 2. The monoisotopic (exact) mass is 553 g/mol. The number of pyridine rings is 2. The van der Waals surface area contributed by atoms with Crippen LogP contribution in [-0.4, -0.2) is 54.5 Å². The van der Waals surface area contributed by atoms with Crippen LogP contribution in [0.15, 0.2) is 60.3 Å². The van der Waals surface area contributed by atoms with Crippen LogP contribution in [0.5, 0.6) is 0 Å². The second-order valence-electron chi connectivity index (χ2n) is 9.64. The Kier molecular flexibility index (Phi) is 8.83. The SMILES string of the molecule is CC(C)=CC(=O)c1ccc(CCNC(=O)c2cc(-c3cnc(N)cc3C(F)(F)F)nc(N3CCOCC3)c2)cc1. The van der Waals surface area contributed by atoms with Gasteiger partial charge < -0.3 is 20.7 Å². The second-order valence-corrected chi connectivity index (χ2v) is 9.64.